The minimum absolute atomic E-state index is 0.00894. The summed E-state index contributed by atoms with van der Waals surface area (Å²) >= 11 is 0. The number of hydrogen-bond donors (Lipinski definition) is 2. The zero-order valence-electron chi connectivity index (χ0n) is 27.9. The van der Waals surface area contributed by atoms with Gasteiger partial charge in [0, 0.05) is 23.5 Å². The van der Waals surface area contributed by atoms with Gasteiger partial charge in [0.1, 0.15) is 23.0 Å². The van der Waals surface area contributed by atoms with Crippen LogP contribution >= 0.6 is 14.7 Å². The minimum atomic E-state index is -3.59. The average Bonchev–Trinajstić information content (AvgIpc) is 3.16. The third-order valence-corrected chi connectivity index (χ3v) is 15.2. The lowest BCUT2D eigenvalue weighted by molar-refractivity contribution is 0.474. The number of sulfone groups is 1. The third-order valence-electron chi connectivity index (χ3n) is 8.51. The molecule has 2 aliphatic heterocycles. The van der Waals surface area contributed by atoms with E-state index in [1.807, 2.05) is 111 Å². The first kappa shape index (κ1) is 35.7. The first-order valence-corrected chi connectivity index (χ1v) is 21.4. The molecule has 0 bridgehead atoms. The van der Waals surface area contributed by atoms with Crippen LogP contribution < -0.4 is 19.7 Å². The molecule has 8 rings (SSSR count). The molecule has 2 unspecified atom stereocenters. The fourth-order valence-corrected chi connectivity index (χ4v) is 10.9. The van der Waals surface area contributed by atoms with Crippen LogP contribution in [0, 0.1) is 0 Å². The van der Waals surface area contributed by atoms with E-state index in [-0.39, 0.29) is 21.3 Å². The van der Waals surface area contributed by atoms with Crippen molar-refractivity contribution in [3.05, 3.63) is 146 Å². The maximum absolute atomic E-state index is 12.8. The van der Waals surface area contributed by atoms with E-state index < -0.39 is 24.6 Å². The standard InChI is InChI=1S/2C14H13O2P.C12H10O4S/c2*1-2-17(15)14-10-6-4-8-12(14)11-7-3-5-9-13(11)16-17;13-9-1-5-11(6-2-9)17(15,16)12-7-3-10(14)4-8-12/h2*3-10H,2H2,1H3;1-8,13-14H. The van der Waals surface area contributed by atoms with Crippen molar-refractivity contribution in [1.29, 1.82) is 0 Å². The predicted molar refractivity (Wildman–Crippen MR) is 202 cm³/mol. The predicted octanol–water partition coefficient (Wildman–Crippen LogP) is 9.27. The van der Waals surface area contributed by atoms with Gasteiger partial charge in [0.05, 0.1) is 20.4 Å². The number of fused-ring (bicyclic) bond motifs is 6. The molecule has 2 heterocycles. The average molecular weight is 739 g/mol. The number of aromatic hydroxyl groups is 2. The van der Waals surface area contributed by atoms with Crippen LogP contribution in [0.2, 0.25) is 0 Å². The van der Waals surface area contributed by atoms with Crippen molar-refractivity contribution < 1.29 is 36.8 Å². The van der Waals surface area contributed by atoms with Gasteiger partial charge in [-0.15, -0.1) is 0 Å². The number of para-hydroxylation sites is 2. The summed E-state index contributed by atoms with van der Waals surface area (Å²) in [5.74, 6) is 1.48. The molecule has 0 radical (unpaired) electrons. The number of rotatable bonds is 4. The third kappa shape index (κ3) is 7.24. The molecule has 2 atom stereocenters. The zero-order chi connectivity index (χ0) is 36.2. The van der Waals surface area contributed by atoms with Crippen molar-refractivity contribution in [2.24, 2.45) is 0 Å². The Kier molecular flexibility index (Phi) is 10.3. The number of phenols is 2. The molecular formula is C40H36O8P2S. The van der Waals surface area contributed by atoms with Crippen LogP contribution in [0.3, 0.4) is 0 Å². The highest BCUT2D eigenvalue weighted by Crippen LogP contribution is 2.55. The topological polar surface area (TPSA) is 127 Å². The van der Waals surface area contributed by atoms with Crippen LogP contribution in [0.25, 0.3) is 22.3 Å². The van der Waals surface area contributed by atoms with E-state index >= 15 is 0 Å². The van der Waals surface area contributed by atoms with Crippen molar-refractivity contribution in [3.8, 4) is 45.3 Å². The largest absolute Gasteiger partial charge is 0.508 e. The second kappa shape index (κ2) is 14.7. The Labute approximate surface area is 297 Å². The quantitative estimate of drug-likeness (QED) is 0.172. The van der Waals surface area contributed by atoms with Gasteiger partial charge in [0.2, 0.25) is 9.84 Å². The summed E-state index contributed by atoms with van der Waals surface area (Å²) in [6.45, 7) is 3.82. The Morgan fingerprint density at radius 2 is 0.784 bits per heavy atom. The summed E-state index contributed by atoms with van der Waals surface area (Å²) in [7, 11) is -9.03. The van der Waals surface area contributed by atoms with E-state index in [4.69, 9.17) is 19.3 Å². The number of hydrogen-bond acceptors (Lipinski definition) is 8. The van der Waals surface area contributed by atoms with Crippen LogP contribution in [0.4, 0.5) is 0 Å². The molecule has 0 saturated carbocycles. The molecule has 0 spiro atoms. The molecule has 260 valence electrons. The Hall–Kier alpha value is -5.07. The van der Waals surface area contributed by atoms with E-state index in [1.54, 1.807) is 0 Å². The second-order valence-corrected chi connectivity index (χ2v) is 18.9. The van der Waals surface area contributed by atoms with Gasteiger partial charge >= 0.3 is 0 Å². The van der Waals surface area contributed by atoms with E-state index in [0.29, 0.717) is 12.3 Å². The van der Waals surface area contributed by atoms with Crippen molar-refractivity contribution in [2.45, 2.75) is 23.6 Å². The lowest BCUT2D eigenvalue weighted by Crippen LogP contribution is -2.18. The fraction of sp³-hybridized carbons (Fsp3) is 0.100. The Balaban J connectivity index is 0.000000132. The van der Waals surface area contributed by atoms with Gasteiger partial charge < -0.3 is 19.3 Å². The minimum Gasteiger partial charge on any atom is -0.508 e. The second-order valence-electron chi connectivity index (χ2n) is 11.7. The van der Waals surface area contributed by atoms with Crippen molar-refractivity contribution >= 4 is 35.2 Å². The molecule has 0 aliphatic carbocycles. The molecule has 2 aliphatic rings. The van der Waals surface area contributed by atoms with Crippen LogP contribution in [0.5, 0.6) is 23.0 Å². The lowest BCUT2D eigenvalue weighted by Gasteiger charge is -2.27. The van der Waals surface area contributed by atoms with Crippen molar-refractivity contribution in [1.82, 2.24) is 0 Å². The Morgan fingerprint density at radius 3 is 1.14 bits per heavy atom. The van der Waals surface area contributed by atoms with Gasteiger partial charge in [0.15, 0.2) is 0 Å². The van der Waals surface area contributed by atoms with E-state index in [1.165, 1.54) is 48.5 Å². The van der Waals surface area contributed by atoms with Gasteiger partial charge in [-0.2, -0.15) is 0 Å². The van der Waals surface area contributed by atoms with Gasteiger partial charge in [-0.3, -0.25) is 9.13 Å². The van der Waals surface area contributed by atoms with Crippen LogP contribution in [-0.4, -0.2) is 31.0 Å². The smallest absolute Gasteiger partial charge is 0.277 e. The van der Waals surface area contributed by atoms with Crippen LogP contribution in [0.1, 0.15) is 13.8 Å². The molecule has 11 heteroatoms. The lowest BCUT2D eigenvalue weighted by atomic mass is 10.0. The molecule has 0 saturated heterocycles. The zero-order valence-corrected chi connectivity index (χ0v) is 30.5. The number of benzene rings is 6. The normalized spacial score (nSPS) is 17.9. The first-order chi connectivity index (χ1) is 24.5. The monoisotopic (exact) mass is 738 g/mol. The molecule has 0 amide bonds. The van der Waals surface area contributed by atoms with Crippen molar-refractivity contribution in [2.75, 3.05) is 12.3 Å². The van der Waals surface area contributed by atoms with E-state index in [9.17, 15) is 17.5 Å². The van der Waals surface area contributed by atoms with E-state index in [0.717, 1.165) is 44.4 Å². The summed E-state index contributed by atoms with van der Waals surface area (Å²) < 4.78 is 61.2. The maximum Gasteiger partial charge on any atom is 0.277 e. The maximum atomic E-state index is 12.8. The Morgan fingerprint density at radius 1 is 0.471 bits per heavy atom. The van der Waals surface area contributed by atoms with Gasteiger partial charge in [-0.25, -0.2) is 8.42 Å². The van der Waals surface area contributed by atoms with E-state index in [2.05, 4.69) is 0 Å². The molecule has 6 aromatic rings. The van der Waals surface area contributed by atoms with Crippen LogP contribution in [-0.2, 0) is 19.0 Å². The van der Waals surface area contributed by atoms with Gasteiger partial charge in [0.25, 0.3) is 14.7 Å². The molecule has 0 aromatic heterocycles. The molecule has 2 N–H and O–H groups in total. The summed E-state index contributed by atoms with van der Waals surface area (Å²) in [4.78, 5) is 0.196. The summed E-state index contributed by atoms with van der Waals surface area (Å²) in [5.41, 5.74) is 4.14. The highest BCUT2D eigenvalue weighted by molar-refractivity contribution is 7.91. The van der Waals surface area contributed by atoms with Crippen LogP contribution in [0.15, 0.2) is 155 Å². The molecule has 8 nitrogen and oxygen atoms in total. The van der Waals surface area contributed by atoms with Crippen molar-refractivity contribution in [3.63, 3.8) is 0 Å². The first-order valence-electron chi connectivity index (χ1n) is 16.3. The molecule has 6 aromatic carbocycles. The summed E-state index contributed by atoms with van der Waals surface area (Å²) in [6, 6.07) is 41.7. The van der Waals surface area contributed by atoms with Gasteiger partial charge in [-0.05, 0) is 83.9 Å². The van der Waals surface area contributed by atoms with Gasteiger partial charge in [-0.1, -0.05) is 86.6 Å². The Bertz CT molecular complexity index is 2230. The fourth-order valence-electron chi connectivity index (χ4n) is 5.81. The highest BCUT2D eigenvalue weighted by Gasteiger charge is 2.35. The molecule has 51 heavy (non-hydrogen) atoms. The summed E-state index contributed by atoms with van der Waals surface area (Å²) in [5, 5.41) is 19.9. The SMILES string of the molecule is CCP1(=O)Oc2ccccc2-c2ccccc21.CCP1(=O)Oc2ccccc2-c2ccccc21.O=S(=O)(c1ccc(O)cc1)c1ccc(O)cc1. The molecular weight excluding hydrogens is 702 g/mol. The summed E-state index contributed by atoms with van der Waals surface area (Å²) in [6.07, 6.45) is 1.05. The number of phenolic OH excluding ortho intramolecular Hbond substituents is 2. The molecule has 0 fully saturated rings. The highest BCUT2D eigenvalue weighted by atomic mass is 32.2.